The standard InChI is InChI=1S/C9H16N4O3S/c1-2-17(15,16)4-3-9(14)7-13-6-8(5-10)11-12-13/h6H,2-5,7,10H2,1H3. The van der Waals surface area contributed by atoms with Gasteiger partial charge in [0.1, 0.15) is 16.4 Å². The second-order valence-electron chi connectivity index (χ2n) is 3.64. The molecule has 0 saturated carbocycles. The van der Waals surface area contributed by atoms with E-state index in [1.807, 2.05) is 0 Å². The number of aromatic nitrogens is 3. The van der Waals surface area contributed by atoms with Crippen LogP contribution >= 0.6 is 0 Å². The summed E-state index contributed by atoms with van der Waals surface area (Å²) >= 11 is 0. The van der Waals surface area contributed by atoms with Crippen LogP contribution in [-0.2, 0) is 27.7 Å². The summed E-state index contributed by atoms with van der Waals surface area (Å²) < 4.78 is 23.8. The van der Waals surface area contributed by atoms with Crippen molar-refractivity contribution < 1.29 is 13.2 Å². The first-order valence-corrected chi connectivity index (χ1v) is 7.10. The fourth-order valence-corrected chi connectivity index (χ4v) is 2.01. The molecule has 0 aliphatic rings. The molecule has 0 aromatic carbocycles. The average Bonchev–Trinajstić information content (AvgIpc) is 2.74. The van der Waals surface area contributed by atoms with Crippen LogP contribution in [0.1, 0.15) is 19.0 Å². The largest absolute Gasteiger partial charge is 0.325 e. The molecule has 8 heteroatoms. The zero-order valence-electron chi connectivity index (χ0n) is 9.66. The van der Waals surface area contributed by atoms with Crippen molar-refractivity contribution in [3.05, 3.63) is 11.9 Å². The van der Waals surface area contributed by atoms with Crippen LogP contribution in [0.4, 0.5) is 0 Å². The Kier molecular flexibility index (Phi) is 4.76. The highest BCUT2D eigenvalue weighted by atomic mass is 32.2. The van der Waals surface area contributed by atoms with Gasteiger partial charge in [0.15, 0.2) is 5.78 Å². The van der Waals surface area contributed by atoms with Crippen LogP contribution in [0, 0.1) is 0 Å². The van der Waals surface area contributed by atoms with E-state index in [4.69, 9.17) is 5.73 Å². The third-order valence-electron chi connectivity index (χ3n) is 2.27. The first kappa shape index (κ1) is 13.8. The average molecular weight is 260 g/mol. The number of hydrogen-bond donors (Lipinski definition) is 1. The van der Waals surface area contributed by atoms with Gasteiger partial charge in [-0.1, -0.05) is 12.1 Å². The highest BCUT2D eigenvalue weighted by Gasteiger charge is 2.12. The van der Waals surface area contributed by atoms with Gasteiger partial charge in [-0.3, -0.25) is 4.79 Å². The molecule has 0 amide bonds. The fourth-order valence-electron chi connectivity index (χ4n) is 1.18. The maximum Gasteiger partial charge on any atom is 0.155 e. The maximum atomic E-state index is 11.5. The van der Waals surface area contributed by atoms with Gasteiger partial charge >= 0.3 is 0 Å². The van der Waals surface area contributed by atoms with Crippen molar-refractivity contribution in [3.63, 3.8) is 0 Å². The lowest BCUT2D eigenvalue weighted by Gasteiger charge is -2.01. The molecule has 2 N–H and O–H groups in total. The Morgan fingerprint density at radius 3 is 2.76 bits per heavy atom. The third-order valence-corrected chi connectivity index (χ3v) is 3.97. The molecule has 1 rings (SSSR count). The quantitative estimate of drug-likeness (QED) is 0.682. The molecule has 0 unspecified atom stereocenters. The zero-order chi connectivity index (χ0) is 12.9. The number of nitrogens with two attached hydrogens (primary N) is 1. The van der Waals surface area contributed by atoms with E-state index in [0.29, 0.717) is 5.69 Å². The normalized spacial score (nSPS) is 11.6. The van der Waals surface area contributed by atoms with E-state index < -0.39 is 9.84 Å². The Morgan fingerprint density at radius 1 is 1.53 bits per heavy atom. The van der Waals surface area contributed by atoms with Crippen LogP contribution in [0.3, 0.4) is 0 Å². The molecule has 0 fully saturated rings. The number of rotatable bonds is 7. The SMILES string of the molecule is CCS(=O)(=O)CCC(=O)Cn1cc(CN)nn1. The van der Waals surface area contributed by atoms with Gasteiger partial charge in [-0.15, -0.1) is 5.10 Å². The minimum absolute atomic E-state index is 0.00793. The van der Waals surface area contributed by atoms with Gasteiger partial charge in [0.2, 0.25) is 0 Å². The highest BCUT2D eigenvalue weighted by molar-refractivity contribution is 7.91. The molecule has 0 radical (unpaired) electrons. The lowest BCUT2D eigenvalue weighted by atomic mass is 10.3. The second-order valence-corrected chi connectivity index (χ2v) is 6.11. The number of ketones is 1. The summed E-state index contributed by atoms with van der Waals surface area (Å²) in [6, 6.07) is 0. The zero-order valence-corrected chi connectivity index (χ0v) is 10.5. The summed E-state index contributed by atoms with van der Waals surface area (Å²) in [7, 11) is -3.09. The van der Waals surface area contributed by atoms with Gasteiger partial charge in [-0.2, -0.15) is 0 Å². The third kappa shape index (κ3) is 4.61. The first-order chi connectivity index (χ1) is 7.96. The van der Waals surface area contributed by atoms with E-state index in [1.165, 1.54) is 4.68 Å². The van der Waals surface area contributed by atoms with Gasteiger partial charge < -0.3 is 5.73 Å². The molecular formula is C9H16N4O3S. The first-order valence-electron chi connectivity index (χ1n) is 5.28. The summed E-state index contributed by atoms with van der Waals surface area (Å²) in [5.41, 5.74) is 5.94. The Bertz CT molecular complexity index is 480. The van der Waals surface area contributed by atoms with Gasteiger partial charge in [-0.25, -0.2) is 13.1 Å². The lowest BCUT2D eigenvalue weighted by Crippen LogP contribution is -2.17. The van der Waals surface area contributed by atoms with Crippen molar-refractivity contribution in [3.8, 4) is 0 Å². The molecular weight excluding hydrogens is 244 g/mol. The Balaban J connectivity index is 2.45. The van der Waals surface area contributed by atoms with E-state index in [9.17, 15) is 13.2 Å². The molecule has 17 heavy (non-hydrogen) atoms. The molecule has 0 spiro atoms. The van der Waals surface area contributed by atoms with Gasteiger partial charge in [0.25, 0.3) is 0 Å². The summed E-state index contributed by atoms with van der Waals surface area (Å²) in [6.07, 6.45) is 1.58. The van der Waals surface area contributed by atoms with E-state index in [2.05, 4.69) is 10.3 Å². The molecule has 0 aliphatic heterocycles. The van der Waals surface area contributed by atoms with E-state index >= 15 is 0 Å². The topological polar surface area (TPSA) is 108 Å². The van der Waals surface area contributed by atoms with Crippen molar-refractivity contribution >= 4 is 15.6 Å². The van der Waals surface area contributed by atoms with E-state index in [-0.39, 0.29) is 36.8 Å². The molecule has 1 aromatic rings. The van der Waals surface area contributed by atoms with Crippen LogP contribution in [0.2, 0.25) is 0 Å². The number of nitrogens with zero attached hydrogens (tertiary/aromatic N) is 3. The minimum Gasteiger partial charge on any atom is -0.325 e. The molecule has 0 aliphatic carbocycles. The summed E-state index contributed by atoms with van der Waals surface area (Å²) in [5.74, 6) is -0.239. The second kappa shape index (κ2) is 5.87. The fraction of sp³-hybridized carbons (Fsp3) is 0.667. The molecule has 0 saturated heterocycles. The smallest absolute Gasteiger partial charge is 0.155 e. The molecule has 0 bridgehead atoms. The number of carbonyl (C=O) groups excluding carboxylic acids is 1. The monoisotopic (exact) mass is 260 g/mol. The van der Waals surface area contributed by atoms with E-state index in [1.54, 1.807) is 13.1 Å². The Hall–Kier alpha value is -1.28. The minimum atomic E-state index is -3.09. The van der Waals surface area contributed by atoms with Crippen LogP contribution < -0.4 is 5.73 Å². The summed E-state index contributed by atoms with van der Waals surface area (Å²) in [5, 5.41) is 7.44. The lowest BCUT2D eigenvalue weighted by molar-refractivity contribution is -0.119. The van der Waals surface area contributed by atoms with Crippen molar-refractivity contribution in [2.75, 3.05) is 11.5 Å². The van der Waals surface area contributed by atoms with Crippen molar-refractivity contribution in [2.45, 2.75) is 26.4 Å². The Labute approximate surface area is 99.9 Å². The van der Waals surface area contributed by atoms with Gasteiger partial charge in [0, 0.05) is 18.7 Å². The van der Waals surface area contributed by atoms with Crippen molar-refractivity contribution in [2.24, 2.45) is 5.73 Å². The van der Waals surface area contributed by atoms with Gasteiger partial charge in [0.05, 0.1) is 17.6 Å². The van der Waals surface area contributed by atoms with Gasteiger partial charge in [-0.05, 0) is 0 Å². The number of hydrogen-bond acceptors (Lipinski definition) is 6. The van der Waals surface area contributed by atoms with Crippen molar-refractivity contribution in [1.29, 1.82) is 0 Å². The summed E-state index contributed by atoms with van der Waals surface area (Å²) in [6.45, 7) is 1.86. The number of Topliss-reactive ketones (excluding diaryl/α,β-unsaturated/α-hetero) is 1. The molecule has 96 valence electrons. The van der Waals surface area contributed by atoms with Crippen LogP contribution in [0.5, 0.6) is 0 Å². The molecule has 7 nitrogen and oxygen atoms in total. The van der Waals surface area contributed by atoms with Crippen LogP contribution in [0.25, 0.3) is 0 Å². The predicted molar refractivity (Wildman–Crippen MR) is 61.9 cm³/mol. The maximum absolute atomic E-state index is 11.5. The van der Waals surface area contributed by atoms with Crippen molar-refractivity contribution in [1.82, 2.24) is 15.0 Å². The number of carbonyl (C=O) groups is 1. The highest BCUT2D eigenvalue weighted by Crippen LogP contribution is 1.97. The molecule has 1 heterocycles. The van der Waals surface area contributed by atoms with E-state index in [0.717, 1.165) is 0 Å². The predicted octanol–water partition coefficient (Wildman–Crippen LogP) is -0.869. The molecule has 1 aromatic heterocycles. The van der Waals surface area contributed by atoms with Crippen LogP contribution in [-0.4, -0.2) is 40.7 Å². The molecule has 0 atom stereocenters. The number of sulfone groups is 1. The summed E-state index contributed by atoms with van der Waals surface area (Å²) in [4.78, 5) is 11.5. The Morgan fingerprint density at radius 2 is 2.24 bits per heavy atom. The van der Waals surface area contributed by atoms with Crippen LogP contribution in [0.15, 0.2) is 6.20 Å².